The maximum Gasteiger partial charge on any atom is 0.216 e. The third kappa shape index (κ3) is 2.84. The van der Waals surface area contributed by atoms with Crippen LogP contribution in [-0.4, -0.2) is 28.2 Å². The van der Waals surface area contributed by atoms with E-state index in [1.165, 1.54) is 0 Å². The highest BCUT2D eigenvalue weighted by Crippen LogP contribution is 2.20. The van der Waals surface area contributed by atoms with Crippen LogP contribution in [0.25, 0.3) is 11.4 Å². The van der Waals surface area contributed by atoms with Gasteiger partial charge in [-0.15, -0.1) is 0 Å². The number of ether oxygens (including phenoxy) is 1. The molecule has 0 aliphatic carbocycles. The van der Waals surface area contributed by atoms with Crippen LogP contribution in [-0.2, 0) is 0 Å². The second-order valence-electron chi connectivity index (χ2n) is 4.59. The third-order valence-corrected chi connectivity index (χ3v) is 3.32. The zero-order valence-electron chi connectivity index (χ0n) is 12.1. The summed E-state index contributed by atoms with van der Waals surface area (Å²) >= 11 is 5.22. The first kappa shape index (κ1) is 14.3. The van der Waals surface area contributed by atoms with Gasteiger partial charge in [-0.05, 0) is 55.5 Å². The summed E-state index contributed by atoms with van der Waals surface area (Å²) in [5.74, 6) is 2.88. The third-order valence-electron chi connectivity index (χ3n) is 3.06. The molecule has 2 heterocycles. The summed E-state index contributed by atoms with van der Waals surface area (Å²) < 4.78 is 12.6. The molecule has 0 fully saturated rings. The van der Waals surface area contributed by atoms with Crippen molar-refractivity contribution in [1.29, 1.82) is 0 Å². The van der Waals surface area contributed by atoms with E-state index in [-0.39, 0.29) is 0 Å². The SMILES string of the molecule is COc1ccc(-c2n[nH]c(=S)n2/N=C\c2ccc(C)o2)cc1. The maximum atomic E-state index is 5.45. The van der Waals surface area contributed by atoms with E-state index in [4.69, 9.17) is 21.4 Å². The fraction of sp³-hybridized carbons (Fsp3) is 0.133. The molecule has 6 nitrogen and oxygen atoms in total. The number of methoxy groups -OCH3 is 1. The standard InChI is InChI=1S/C15H14N4O2S/c1-10-3-6-13(21-10)9-16-19-14(17-18-15(19)22)11-4-7-12(20-2)8-5-11/h3-9H,1-2H3,(H,18,22)/b16-9-. The van der Waals surface area contributed by atoms with Crippen molar-refractivity contribution >= 4 is 18.4 Å². The zero-order chi connectivity index (χ0) is 15.5. The van der Waals surface area contributed by atoms with Gasteiger partial charge in [-0.25, -0.2) is 5.10 Å². The number of hydrogen-bond acceptors (Lipinski definition) is 5. The van der Waals surface area contributed by atoms with Crippen molar-refractivity contribution < 1.29 is 9.15 Å². The number of benzene rings is 1. The molecule has 7 heteroatoms. The zero-order valence-corrected chi connectivity index (χ0v) is 12.9. The Kier molecular flexibility index (Phi) is 3.88. The highest BCUT2D eigenvalue weighted by atomic mass is 32.1. The Morgan fingerprint density at radius 3 is 2.68 bits per heavy atom. The first-order valence-electron chi connectivity index (χ1n) is 6.60. The van der Waals surface area contributed by atoms with Crippen LogP contribution in [0.1, 0.15) is 11.5 Å². The van der Waals surface area contributed by atoms with Crippen molar-refractivity contribution in [2.75, 3.05) is 7.11 Å². The van der Waals surface area contributed by atoms with E-state index in [0.29, 0.717) is 16.4 Å². The molecule has 0 saturated heterocycles. The molecular formula is C15H14N4O2S. The lowest BCUT2D eigenvalue weighted by molar-refractivity contribution is 0.415. The number of aryl methyl sites for hydroxylation is 1. The Morgan fingerprint density at radius 1 is 1.27 bits per heavy atom. The molecule has 0 spiro atoms. The van der Waals surface area contributed by atoms with E-state index in [2.05, 4.69) is 15.3 Å². The predicted molar refractivity (Wildman–Crippen MR) is 85.8 cm³/mol. The molecule has 0 unspecified atom stereocenters. The summed E-state index contributed by atoms with van der Waals surface area (Å²) in [6, 6.07) is 11.2. The molecule has 22 heavy (non-hydrogen) atoms. The van der Waals surface area contributed by atoms with Gasteiger partial charge in [-0.2, -0.15) is 14.9 Å². The number of hydrogen-bond donors (Lipinski definition) is 1. The van der Waals surface area contributed by atoms with Crippen LogP contribution in [0.15, 0.2) is 45.9 Å². The van der Waals surface area contributed by atoms with Crippen LogP contribution >= 0.6 is 12.2 Å². The molecule has 0 saturated carbocycles. The molecule has 0 aliphatic heterocycles. The molecule has 0 atom stereocenters. The molecule has 3 aromatic rings. The molecule has 112 valence electrons. The van der Waals surface area contributed by atoms with Gasteiger partial charge >= 0.3 is 0 Å². The van der Waals surface area contributed by atoms with Crippen LogP contribution in [0, 0.1) is 11.7 Å². The molecule has 0 radical (unpaired) electrons. The summed E-state index contributed by atoms with van der Waals surface area (Å²) in [6.07, 6.45) is 1.60. The Morgan fingerprint density at radius 2 is 2.05 bits per heavy atom. The number of H-pyrrole nitrogens is 1. The summed E-state index contributed by atoms with van der Waals surface area (Å²) in [4.78, 5) is 0. The maximum absolute atomic E-state index is 5.45. The Balaban J connectivity index is 1.96. The molecule has 1 aromatic carbocycles. The minimum absolute atomic E-state index is 0.408. The van der Waals surface area contributed by atoms with E-state index in [1.807, 2.05) is 43.3 Å². The van der Waals surface area contributed by atoms with E-state index >= 15 is 0 Å². The quantitative estimate of drug-likeness (QED) is 0.592. The second kappa shape index (κ2) is 5.98. The van der Waals surface area contributed by atoms with Gasteiger partial charge in [0, 0.05) is 5.56 Å². The van der Waals surface area contributed by atoms with Gasteiger partial charge in [-0.1, -0.05) is 0 Å². The van der Waals surface area contributed by atoms with Crippen LogP contribution in [0.5, 0.6) is 5.75 Å². The molecule has 3 rings (SSSR count). The molecule has 2 aromatic heterocycles. The van der Waals surface area contributed by atoms with E-state index in [0.717, 1.165) is 17.1 Å². The number of aromatic nitrogens is 3. The van der Waals surface area contributed by atoms with Crippen molar-refractivity contribution in [2.45, 2.75) is 6.92 Å². The molecule has 0 aliphatic rings. The van der Waals surface area contributed by atoms with Crippen molar-refractivity contribution in [3.05, 3.63) is 52.7 Å². The van der Waals surface area contributed by atoms with Crippen molar-refractivity contribution in [2.24, 2.45) is 5.10 Å². The number of aromatic amines is 1. The van der Waals surface area contributed by atoms with Gasteiger partial charge in [0.25, 0.3) is 0 Å². The monoisotopic (exact) mass is 314 g/mol. The van der Waals surface area contributed by atoms with Gasteiger partial charge < -0.3 is 9.15 Å². The smallest absolute Gasteiger partial charge is 0.216 e. The van der Waals surface area contributed by atoms with Crippen LogP contribution in [0.3, 0.4) is 0 Å². The topological polar surface area (TPSA) is 68.3 Å². The lowest BCUT2D eigenvalue weighted by Gasteiger charge is -2.02. The van der Waals surface area contributed by atoms with E-state index < -0.39 is 0 Å². The van der Waals surface area contributed by atoms with Gasteiger partial charge in [0.05, 0.1) is 13.3 Å². The van der Waals surface area contributed by atoms with Crippen molar-refractivity contribution in [3.8, 4) is 17.1 Å². The fourth-order valence-corrected chi connectivity index (χ4v) is 2.14. The second-order valence-corrected chi connectivity index (χ2v) is 4.97. The lowest BCUT2D eigenvalue weighted by atomic mass is 10.2. The fourth-order valence-electron chi connectivity index (χ4n) is 1.96. The minimum atomic E-state index is 0.408. The average Bonchev–Trinajstić information content (AvgIpc) is 3.11. The van der Waals surface area contributed by atoms with Gasteiger partial charge in [0.2, 0.25) is 4.77 Å². The van der Waals surface area contributed by atoms with Crippen LogP contribution in [0.4, 0.5) is 0 Å². The highest BCUT2D eigenvalue weighted by Gasteiger charge is 2.08. The molecule has 0 amide bonds. The van der Waals surface area contributed by atoms with Crippen molar-refractivity contribution in [1.82, 2.24) is 14.9 Å². The first-order chi connectivity index (χ1) is 10.7. The summed E-state index contributed by atoms with van der Waals surface area (Å²) in [6.45, 7) is 1.88. The number of furan rings is 1. The number of nitrogens with one attached hydrogen (secondary N) is 1. The Bertz CT molecular complexity index is 858. The van der Waals surface area contributed by atoms with E-state index in [1.54, 1.807) is 18.0 Å². The van der Waals surface area contributed by atoms with E-state index in [9.17, 15) is 0 Å². The molecule has 0 bridgehead atoms. The van der Waals surface area contributed by atoms with Gasteiger partial charge in [0.1, 0.15) is 17.3 Å². The largest absolute Gasteiger partial charge is 0.497 e. The van der Waals surface area contributed by atoms with Crippen molar-refractivity contribution in [3.63, 3.8) is 0 Å². The minimum Gasteiger partial charge on any atom is -0.497 e. The normalized spacial score (nSPS) is 11.2. The van der Waals surface area contributed by atoms with Gasteiger partial charge in [0.15, 0.2) is 5.82 Å². The predicted octanol–water partition coefficient (Wildman–Crippen LogP) is 3.40. The average molecular weight is 314 g/mol. The van der Waals surface area contributed by atoms with Gasteiger partial charge in [-0.3, -0.25) is 0 Å². The summed E-state index contributed by atoms with van der Waals surface area (Å²) in [7, 11) is 1.63. The number of nitrogens with zero attached hydrogens (tertiary/aromatic N) is 3. The molecule has 1 N–H and O–H groups in total. The first-order valence-corrected chi connectivity index (χ1v) is 7.01. The summed E-state index contributed by atoms with van der Waals surface area (Å²) in [5.41, 5.74) is 0.876. The number of rotatable bonds is 4. The molecular weight excluding hydrogens is 300 g/mol. The highest BCUT2D eigenvalue weighted by molar-refractivity contribution is 7.71. The Hall–Kier alpha value is -2.67. The van der Waals surface area contributed by atoms with Crippen LogP contribution < -0.4 is 4.74 Å². The lowest BCUT2D eigenvalue weighted by Crippen LogP contribution is -1.94. The van der Waals surface area contributed by atoms with Crippen LogP contribution in [0.2, 0.25) is 0 Å². The Labute approximate surface area is 132 Å². The summed E-state index contributed by atoms with van der Waals surface area (Å²) in [5, 5.41) is 11.3.